The van der Waals surface area contributed by atoms with Gasteiger partial charge in [-0.3, -0.25) is 4.79 Å². The molecule has 0 saturated carbocycles. The number of benzene rings is 1. The lowest BCUT2D eigenvalue weighted by atomic mass is 10.1. The van der Waals surface area contributed by atoms with Crippen molar-refractivity contribution < 1.29 is 14.7 Å². The van der Waals surface area contributed by atoms with Gasteiger partial charge in [-0.25, -0.2) is 4.79 Å². The van der Waals surface area contributed by atoms with E-state index in [2.05, 4.69) is 0 Å². The first-order chi connectivity index (χ1) is 8.34. The number of likely N-dealkylation sites (N-methyl/N-ethyl adjacent to an activating group) is 1. The van der Waals surface area contributed by atoms with Crippen LogP contribution in [-0.2, 0) is 16.0 Å². The van der Waals surface area contributed by atoms with Crippen LogP contribution in [-0.4, -0.2) is 35.0 Å². The highest BCUT2D eigenvalue weighted by atomic mass is 35.5. The fourth-order valence-corrected chi connectivity index (χ4v) is 1.71. The molecule has 0 radical (unpaired) electrons. The zero-order valence-electron chi connectivity index (χ0n) is 10.6. The summed E-state index contributed by atoms with van der Waals surface area (Å²) >= 11 is 6.10. The maximum absolute atomic E-state index is 11.9. The number of aliphatic carboxylic acids is 1. The molecule has 18 heavy (non-hydrogen) atoms. The largest absolute Gasteiger partial charge is 0.480 e. The Balaban J connectivity index is 2.82. The molecule has 0 fully saturated rings. The van der Waals surface area contributed by atoms with Crippen LogP contribution in [0.5, 0.6) is 0 Å². The van der Waals surface area contributed by atoms with Gasteiger partial charge >= 0.3 is 5.97 Å². The van der Waals surface area contributed by atoms with Crippen molar-refractivity contribution in [1.82, 2.24) is 4.90 Å². The summed E-state index contributed by atoms with van der Waals surface area (Å²) in [5, 5.41) is 9.40. The Labute approximate surface area is 111 Å². The molecule has 0 aliphatic heterocycles. The molecule has 1 aromatic carbocycles. The lowest BCUT2D eigenvalue weighted by molar-refractivity contribution is -0.147. The molecule has 0 aromatic heterocycles. The molecule has 1 atom stereocenters. The maximum atomic E-state index is 11.9. The van der Waals surface area contributed by atoms with Gasteiger partial charge in [-0.2, -0.15) is 0 Å². The third-order valence-corrected chi connectivity index (χ3v) is 3.49. The van der Waals surface area contributed by atoms with Crippen molar-refractivity contribution in [3.8, 4) is 0 Å². The fraction of sp³-hybridized carbons (Fsp3) is 0.385. The second-order valence-electron chi connectivity index (χ2n) is 4.24. The van der Waals surface area contributed by atoms with Crippen molar-refractivity contribution in [2.75, 3.05) is 7.05 Å². The van der Waals surface area contributed by atoms with Crippen LogP contribution in [0.1, 0.15) is 18.1 Å². The van der Waals surface area contributed by atoms with E-state index < -0.39 is 12.0 Å². The van der Waals surface area contributed by atoms with Gasteiger partial charge in [0.1, 0.15) is 6.04 Å². The highest BCUT2D eigenvalue weighted by Crippen LogP contribution is 2.21. The lowest BCUT2D eigenvalue weighted by Gasteiger charge is -2.21. The number of carbonyl (C=O) groups is 2. The predicted octanol–water partition coefficient (Wildman–Crippen LogP) is 2.12. The predicted molar refractivity (Wildman–Crippen MR) is 69.8 cm³/mol. The molecular formula is C13H16ClNO3. The van der Waals surface area contributed by atoms with E-state index >= 15 is 0 Å². The van der Waals surface area contributed by atoms with Crippen LogP contribution in [0.25, 0.3) is 0 Å². The van der Waals surface area contributed by atoms with Crippen molar-refractivity contribution in [1.29, 1.82) is 0 Å². The van der Waals surface area contributed by atoms with Gasteiger partial charge in [0.15, 0.2) is 0 Å². The number of nitrogens with zero attached hydrogens (tertiary/aromatic N) is 1. The van der Waals surface area contributed by atoms with Crippen molar-refractivity contribution >= 4 is 23.5 Å². The van der Waals surface area contributed by atoms with E-state index in [1.165, 1.54) is 18.9 Å². The Morgan fingerprint density at radius 1 is 1.44 bits per heavy atom. The van der Waals surface area contributed by atoms with E-state index in [1.807, 2.05) is 19.1 Å². The summed E-state index contributed by atoms with van der Waals surface area (Å²) in [6, 6.07) is 4.61. The zero-order chi connectivity index (χ0) is 13.9. The lowest BCUT2D eigenvalue weighted by Crippen LogP contribution is -2.41. The van der Waals surface area contributed by atoms with Crippen LogP contribution in [0.2, 0.25) is 5.02 Å². The first kappa shape index (κ1) is 14.5. The SMILES string of the molecule is Cc1cccc(CC(=O)N(C)C(C)C(=O)O)c1Cl. The number of carbonyl (C=O) groups excluding carboxylic acids is 1. The summed E-state index contributed by atoms with van der Waals surface area (Å²) in [6.07, 6.45) is 0.106. The van der Waals surface area contributed by atoms with Crippen molar-refractivity contribution in [2.45, 2.75) is 26.3 Å². The molecule has 0 aliphatic rings. The average Bonchev–Trinajstić information content (AvgIpc) is 2.32. The Morgan fingerprint density at radius 3 is 2.61 bits per heavy atom. The molecule has 5 heteroatoms. The second kappa shape index (κ2) is 5.87. The number of hydrogen-bond donors (Lipinski definition) is 1. The summed E-state index contributed by atoms with van der Waals surface area (Å²) < 4.78 is 0. The topological polar surface area (TPSA) is 57.6 Å². The van der Waals surface area contributed by atoms with Crippen LogP contribution in [0.3, 0.4) is 0 Å². The summed E-state index contributed by atoms with van der Waals surface area (Å²) in [5.74, 6) is -1.29. The molecule has 1 N–H and O–H groups in total. The Bertz CT molecular complexity index is 473. The van der Waals surface area contributed by atoms with Gasteiger partial charge in [0, 0.05) is 12.1 Å². The number of amides is 1. The first-order valence-corrected chi connectivity index (χ1v) is 5.94. The normalized spacial score (nSPS) is 12.0. The average molecular weight is 270 g/mol. The molecular weight excluding hydrogens is 254 g/mol. The number of carboxylic acid groups (broad SMARTS) is 1. The van der Waals surface area contributed by atoms with Crippen molar-refractivity contribution in [2.24, 2.45) is 0 Å². The van der Waals surface area contributed by atoms with Crippen LogP contribution in [0.4, 0.5) is 0 Å². The quantitative estimate of drug-likeness (QED) is 0.911. The zero-order valence-corrected chi connectivity index (χ0v) is 11.4. The van der Waals surface area contributed by atoms with E-state index in [0.717, 1.165) is 5.56 Å². The molecule has 0 spiro atoms. The third-order valence-electron chi connectivity index (χ3n) is 2.95. The molecule has 0 aliphatic carbocycles. The van der Waals surface area contributed by atoms with Gasteiger partial charge < -0.3 is 10.0 Å². The van der Waals surface area contributed by atoms with E-state index in [9.17, 15) is 9.59 Å². The van der Waals surface area contributed by atoms with Crippen LogP contribution in [0, 0.1) is 6.92 Å². The molecule has 1 amide bonds. The Hall–Kier alpha value is -1.55. The minimum Gasteiger partial charge on any atom is -0.480 e. The fourth-order valence-electron chi connectivity index (χ4n) is 1.51. The number of aryl methyl sites for hydroxylation is 1. The third kappa shape index (κ3) is 3.23. The highest BCUT2D eigenvalue weighted by Gasteiger charge is 2.22. The molecule has 0 heterocycles. The van der Waals surface area contributed by atoms with Gasteiger partial charge in [0.2, 0.25) is 5.91 Å². The molecule has 98 valence electrons. The van der Waals surface area contributed by atoms with Gasteiger partial charge in [-0.15, -0.1) is 0 Å². The standard InChI is InChI=1S/C13H16ClNO3/c1-8-5-4-6-10(12(8)14)7-11(16)15(3)9(2)13(17)18/h4-6,9H,7H2,1-3H3,(H,17,18). The van der Waals surface area contributed by atoms with Gasteiger partial charge in [0.25, 0.3) is 0 Å². The molecule has 1 rings (SSSR count). The summed E-state index contributed by atoms with van der Waals surface area (Å²) in [5.41, 5.74) is 1.61. The number of carboxylic acids is 1. The minimum absolute atomic E-state index is 0.106. The molecule has 1 unspecified atom stereocenters. The van der Waals surface area contributed by atoms with Gasteiger partial charge in [-0.05, 0) is 25.0 Å². The highest BCUT2D eigenvalue weighted by molar-refractivity contribution is 6.32. The van der Waals surface area contributed by atoms with Crippen molar-refractivity contribution in [3.05, 3.63) is 34.3 Å². The Kier molecular flexibility index (Phi) is 4.73. The molecule has 1 aromatic rings. The molecule has 4 nitrogen and oxygen atoms in total. The van der Waals surface area contributed by atoms with E-state index in [4.69, 9.17) is 16.7 Å². The van der Waals surface area contributed by atoms with E-state index in [0.29, 0.717) is 10.6 Å². The van der Waals surface area contributed by atoms with E-state index in [1.54, 1.807) is 6.07 Å². The number of hydrogen-bond acceptors (Lipinski definition) is 2. The first-order valence-electron chi connectivity index (χ1n) is 5.57. The number of rotatable bonds is 4. The van der Waals surface area contributed by atoms with Crippen LogP contribution < -0.4 is 0 Å². The van der Waals surface area contributed by atoms with Crippen LogP contribution >= 0.6 is 11.6 Å². The summed E-state index contributed by atoms with van der Waals surface area (Å²) in [7, 11) is 1.48. The number of halogens is 1. The van der Waals surface area contributed by atoms with Gasteiger partial charge in [-0.1, -0.05) is 29.8 Å². The maximum Gasteiger partial charge on any atom is 0.326 e. The summed E-state index contributed by atoms with van der Waals surface area (Å²) in [6.45, 7) is 3.33. The molecule has 0 saturated heterocycles. The summed E-state index contributed by atoms with van der Waals surface area (Å²) in [4.78, 5) is 23.9. The second-order valence-corrected chi connectivity index (χ2v) is 4.62. The van der Waals surface area contributed by atoms with E-state index in [-0.39, 0.29) is 12.3 Å². The van der Waals surface area contributed by atoms with Crippen molar-refractivity contribution in [3.63, 3.8) is 0 Å². The smallest absolute Gasteiger partial charge is 0.326 e. The van der Waals surface area contributed by atoms with Gasteiger partial charge in [0.05, 0.1) is 6.42 Å². The Morgan fingerprint density at radius 2 is 2.06 bits per heavy atom. The molecule has 0 bridgehead atoms. The van der Waals surface area contributed by atoms with Crippen LogP contribution in [0.15, 0.2) is 18.2 Å². The monoisotopic (exact) mass is 269 g/mol. The minimum atomic E-state index is -1.03.